The lowest BCUT2D eigenvalue weighted by molar-refractivity contribution is -0.124. The number of nitrogens with two attached hydrogens (primary N) is 1. The minimum Gasteiger partial charge on any atom is -0.434 e. The molecule has 1 saturated heterocycles. The first-order valence-electron chi connectivity index (χ1n) is 7.20. The molecule has 3 amide bonds. The molecule has 0 aromatic heterocycles. The van der Waals surface area contributed by atoms with E-state index in [9.17, 15) is 18.8 Å². The van der Waals surface area contributed by atoms with Crippen LogP contribution in [0.5, 0.6) is 0 Å². The van der Waals surface area contributed by atoms with Crippen molar-refractivity contribution in [2.45, 2.75) is 25.5 Å². The topological polar surface area (TPSA) is 92.9 Å². The van der Waals surface area contributed by atoms with Gasteiger partial charge < -0.3 is 15.4 Å². The zero-order valence-electron chi connectivity index (χ0n) is 12.5. The first-order chi connectivity index (χ1) is 10.9. The quantitative estimate of drug-likeness (QED) is 0.885. The molecule has 23 heavy (non-hydrogen) atoms. The van der Waals surface area contributed by atoms with Crippen molar-refractivity contribution < 1.29 is 23.5 Å². The van der Waals surface area contributed by atoms with Crippen LogP contribution in [0.1, 0.15) is 12.5 Å². The number of carbonyl (C=O) groups is 3. The highest BCUT2D eigenvalue weighted by molar-refractivity contribution is 6.03. The van der Waals surface area contributed by atoms with Crippen molar-refractivity contribution in [3.63, 3.8) is 0 Å². The Morgan fingerprint density at radius 3 is 2.83 bits per heavy atom. The van der Waals surface area contributed by atoms with Crippen molar-refractivity contribution in [1.29, 1.82) is 0 Å². The molecule has 2 aliphatic heterocycles. The minimum atomic E-state index is -0.986. The number of hydrogen-bond donors (Lipinski definition) is 1. The minimum absolute atomic E-state index is 0.0332. The molecular formula is C15H16FN3O4. The third-order valence-corrected chi connectivity index (χ3v) is 4.04. The number of alkyl halides is 1. The standard InChI is InChI=1S/C15H16FN3O4/c1-8(6-16)19-11-3-2-10(4-9(11)5-13(19)20)18-7-12(14(17)21)23-15(18)22/h2-4,8,12H,5-7H2,1H3,(H2,17,21). The van der Waals surface area contributed by atoms with Crippen molar-refractivity contribution in [3.8, 4) is 0 Å². The van der Waals surface area contributed by atoms with Gasteiger partial charge in [0.1, 0.15) is 6.67 Å². The van der Waals surface area contributed by atoms with Gasteiger partial charge in [-0.1, -0.05) is 0 Å². The molecule has 1 aromatic carbocycles. The van der Waals surface area contributed by atoms with Gasteiger partial charge in [-0.15, -0.1) is 0 Å². The van der Waals surface area contributed by atoms with Crippen molar-refractivity contribution in [2.24, 2.45) is 5.73 Å². The van der Waals surface area contributed by atoms with Gasteiger partial charge in [0.15, 0.2) is 6.10 Å². The predicted molar refractivity (Wildman–Crippen MR) is 79.9 cm³/mol. The number of cyclic esters (lactones) is 1. The number of halogens is 1. The summed E-state index contributed by atoms with van der Waals surface area (Å²) in [5.41, 5.74) is 7.01. The molecule has 2 N–H and O–H groups in total. The summed E-state index contributed by atoms with van der Waals surface area (Å²) in [5, 5.41) is 0. The Labute approximate surface area is 131 Å². The van der Waals surface area contributed by atoms with E-state index in [0.29, 0.717) is 16.9 Å². The summed E-state index contributed by atoms with van der Waals surface area (Å²) >= 11 is 0. The van der Waals surface area contributed by atoms with E-state index in [-0.39, 0.29) is 18.9 Å². The average Bonchev–Trinajstić information content (AvgIpc) is 3.05. The SMILES string of the molecule is CC(CF)N1C(=O)Cc2cc(N3CC(C(N)=O)OC3=O)ccc21. The van der Waals surface area contributed by atoms with Crippen molar-refractivity contribution in [2.75, 3.05) is 23.0 Å². The van der Waals surface area contributed by atoms with E-state index in [2.05, 4.69) is 0 Å². The lowest BCUT2D eigenvalue weighted by Crippen LogP contribution is -2.37. The molecule has 2 atom stereocenters. The fraction of sp³-hybridized carbons (Fsp3) is 0.400. The third-order valence-electron chi connectivity index (χ3n) is 4.04. The Hall–Kier alpha value is -2.64. The average molecular weight is 321 g/mol. The molecule has 0 saturated carbocycles. The number of benzene rings is 1. The summed E-state index contributed by atoms with van der Waals surface area (Å²) in [6.45, 7) is 1.04. The molecule has 0 aliphatic carbocycles. The van der Waals surface area contributed by atoms with E-state index in [0.717, 1.165) is 0 Å². The monoisotopic (exact) mass is 321 g/mol. The van der Waals surface area contributed by atoms with Gasteiger partial charge in [-0.05, 0) is 30.7 Å². The molecule has 2 unspecified atom stereocenters. The summed E-state index contributed by atoms with van der Waals surface area (Å²) < 4.78 is 17.8. The van der Waals surface area contributed by atoms with Crippen LogP contribution in [0.3, 0.4) is 0 Å². The Balaban J connectivity index is 1.89. The van der Waals surface area contributed by atoms with Crippen LogP contribution in [0, 0.1) is 0 Å². The summed E-state index contributed by atoms with van der Waals surface area (Å²) in [4.78, 5) is 37.8. The molecule has 122 valence electrons. The van der Waals surface area contributed by atoms with Crippen LogP contribution in [0.25, 0.3) is 0 Å². The Kier molecular flexibility index (Phi) is 3.67. The van der Waals surface area contributed by atoms with Gasteiger partial charge in [-0.2, -0.15) is 0 Å². The Morgan fingerprint density at radius 2 is 2.22 bits per heavy atom. The maximum atomic E-state index is 12.9. The molecule has 1 aromatic rings. The van der Waals surface area contributed by atoms with Crippen LogP contribution in [0.15, 0.2) is 18.2 Å². The number of fused-ring (bicyclic) bond motifs is 1. The summed E-state index contributed by atoms with van der Waals surface area (Å²) in [5.74, 6) is -0.888. The van der Waals surface area contributed by atoms with Gasteiger partial charge in [-0.3, -0.25) is 14.5 Å². The highest BCUT2D eigenvalue weighted by atomic mass is 19.1. The van der Waals surface area contributed by atoms with Crippen LogP contribution >= 0.6 is 0 Å². The molecule has 2 aliphatic rings. The summed E-state index contributed by atoms with van der Waals surface area (Å²) in [6.07, 6.45) is -1.50. The van der Waals surface area contributed by atoms with Crippen LogP contribution in [-0.2, 0) is 20.7 Å². The van der Waals surface area contributed by atoms with E-state index in [4.69, 9.17) is 10.5 Å². The molecule has 2 heterocycles. The number of rotatable bonds is 4. The summed E-state index contributed by atoms with van der Waals surface area (Å²) in [7, 11) is 0. The summed E-state index contributed by atoms with van der Waals surface area (Å²) in [6, 6.07) is 4.46. The van der Waals surface area contributed by atoms with E-state index in [1.165, 1.54) is 9.80 Å². The van der Waals surface area contributed by atoms with Gasteiger partial charge in [0, 0.05) is 11.4 Å². The van der Waals surface area contributed by atoms with E-state index >= 15 is 0 Å². The van der Waals surface area contributed by atoms with Crippen LogP contribution in [0.2, 0.25) is 0 Å². The third kappa shape index (κ3) is 2.49. The number of hydrogen-bond acceptors (Lipinski definition) is 4. The molecular weight excluding hydrogens is 305 g/mol. The van der Waals surface area contributed by atoms with Crippen LogP contribution in [0.4, 0.5) is 20.6 Å². The zero-order chi connectivity index (χ0) is 16.7. The molecule has 3 rings (SSSR count). The molecule has 0 spiro atoms. The van der Waals surface area contributed by atoms with Gasteiger partial charge in [0.25, 0.3) is 5.91 Å². The second-order valence-electron chi connectivity index (χ2n) is 5.64. The number of anilines is 2. The van der Waals surface area contributed by atoms with Crippen LogP contribution in [-0.4, -0.2) is 43.3 Å². The fourth-order valence-corrected chi connectivity index (χ4v) is 2.87. The van der Waals surface area contributed by atoms with Gasteiger partial charge in [-0.25, -0.2) is 9.18 Å². The number of primary amides is 1. The van der Waals surface area contributed by atoms with E-state index in [1.807, 2.05) is 0 Å². The fourth-order valence-electron chi connectivity index (χ4n) is 2.87. The van der Waals surface area contributed by atoms with E-state index in [1.54, 1.807) is 25.1 Å². The normalized spacial score (nSPS) is 21.4. The number of carbonyl (C=O) groups excluding carboxylic acids is 3. The number of amides is 3. The first kappa shape index (κ1) is 15.3. The maximum absolute atomic E-state index is 12.9. The zero-order valence-corrected chi connectivity index (χ0v) is 12.5. The number of nitrogens with zero attached hydrogens (tertiary/aromatic N) is 2. The highest BCUT2D eigenvalue weighted by Crippen LogP contribution is 2.34. The Bertz CT molecular complexity index is 693. The van der Waals surface area contributed by atoms with Crippen molar-refractivity contribution >= 4 is 29.3 Å². The lowest BCUT2D eigenvalue weighted by atomic mass is 10.1. The molecule has 1 fully saturated rings. The van der Waals surface area contributed by atoms with Crippen molar-refractivity contribution in [3.05, 3.63) is 23.8 Å². The molecule has 7 nitrogen and oxygen atoms in total. The van der Waals surface area contributed by atoms with Gasteiger partial charge >= 0.3 is 6.09 Å². The van der Waals surface area contributed by atoms with Gasteiger partial charge in [0.2, 0.25) is 5.91 Å². The second-order valence-corrected chi connectivity index (χ2v) is 5.64. The van der Waals surface area contributed by atoms with E-state index < -0.39 is 30.8 Å². The second kappa shape index (κ2) is 5.53. The maximum Gasteiger partial charge on any atom is 0.415 e. The number of ether oxygens (including phenoxy) is 1. The molecule has 8 heteroatoms. The smallest absolute Gasteiger partial charge is 0.415 e. The first-order valence-corrected chi connectivity index (χ1v) is 7.20. The highest BCUT2D eigenvalue weighted by Gasteiger charge is 2.37. The predicted octanol–water partition coefficient (Wildman–Crippen LogP) is 0.744. The van der Waals surface area contributed by atoms with Crippen molar-refractivity contribution in [1.82, 2.24) is 0 Å². The van der Waals surface area contributed by atoms with Gasteiger partial charge in [0.05, 0.1) is 19.0 Å². The van der Waals surface area contributed by atoms with Crippen LogP contribution < -0.4 is 15.5 Å². The Morgan fingerprint density at radius 1 is 1.48 bits per heavy atom. The lowest BCUT2D eigenvalue weighted by Gasteiger charge is -2.23. The largest absolute Gasteiger partial charge is 0.434 e. The molecule has 0 radical (unpaired) electrons. The molecule has 0 bridgehead atoms.